The predicted octanol–water partition coefficient (Wildman–Crippen LogP) is 3.44. The van der Waals surface area contributed by atoms with E-state index in [0.29, 0.717) is 42.0 Å². The third kappa shape index (κ3) is 7.11. The van der Waals surface area contributed by atoms with Gasteiger partial charge in [0, 0.05) is 24.5 Å². The number of carbonyl (C=O) groups is 1. The molecule has 0 radical (unpaired) electrons. The average molecular weight is 379 g/mol. The molecule has 1 amide bonds. The Morgan fingerprint density at radius 2 is 1.77 bits per heavy atom. The Balaban J connectivity index is 1.93. The fraction of sp³-hybridized carbons (Fsp3) is 0.316. The van der Waals surface area contributed by atoms with E-state index in [1.54, 1.807) is 24.3 Å². The zero-order valence-electron chi connectivity index (χ0n) is 14.4. The number of rotatable bonds is 10. The highest BCUT2D eigenvalue weighted by Crippen LogP contribution is 2.31. The Morgan fingerprint density at radius 1 is 1.08 bits per heavy atom. The Labute approximate surface area is 156 Å². The molecule has 2 rings (SSSR count). The summed E-state index contributed by atoms with van der Waals surface area (Å²) < 4.78 is 25.3. The molecule has 140 valence electrons. The minimum atomic E-state index is -2.53. The molecule has 0 heterocycles. The van der Waals surface area contributed by atoms with Crippen molar-refractivity contribution in [2.45, 2.75) is 17.1 Å². The SMILES string of the molecule is NCCN(CCc1ccccc1)CC(=O)Nc1ccccc1SC(F)F. The smallest absolute Gasteiger partial charge is 0.288 e. The van der Waals surface area contributed by atoms with Gasteiger partial charge in [0.25, 0.3) is 5.76 Å². The number of alkyl halides is 2. The van der Waals surface area contributed by atoms with Crippen molar-refractivity contribution >= 4 is 23.4 Å². The van der Waals surface area contributed by atoms with Gasteiger partial charge in [0.2, 0.25) is 5.91 Å². The first-order valence-electron chi connectivity index (χ1n) is 8.38. The largest absolute Gasteiger partial charge is 0.329 e. The van der Waals surface area contributed by atoms with Crippen molar-refractivity contribution in [2.24, 2.45) is 5.73 Å². The molecule has 26 heavy (non-hydrogen) atoms. The number of amides is 1. The molecule has 0 saturated heterocycles. The molecule has 0 atom stereocenters. The lowest BCUT2D eigenvalue weighted by Gasteiger charge is -2.21. The molecule has 2 aromatic carbocycles. The van der Waals surface area contributed by atoms with E-state index in [0.717, 1.165) is 6.42 Å². The van der Waals surface area contributed by atoms with Crippen molar-refractivity contribution < 1.29 is 13.6 Å². The molecule has 0 saturated carbocycles. The minimum Gasteiger partial charge on any atom is -0.329 e. The number of nitrogens with two attached hydrogens (primary N) is 1. The van der Waals surface area contributed by atoms with E-state index in [-0.39, 0.29) is 12.5 Å². The number of thioether (sulfide) groups is 1. The van der Waals surface area contributed by atoms with Gasteiger partial charge in [-0.05, 0) is 24.1 Å². The van der Waals surface area contributed by atoms with E-state index in [1.807, 2.05) is 35.2 Å². The number of carbonyl (C=O) groups excluding carboxylic acids is 1. The second-order valence-electron chi connectivity index (χ2n) is 5.72. The van der Waals surface area contributed by atoms with Crippen LogP contribution in [0.5, 0.6) is 0 Å². The Morgan fingerprint density at radius 3 is 2.46 bits per heavy atom. The van der Waals surface area contributed by atoms with Gasteiger partial charge in [-0.2, -0.15) is 8.78 Å². The summed E-state index contributed by atoms with van der Waals surface area (Å²) in [7, 11) is 0. The minimum absolute atomic E-state index is 0.164. The van der Waals surface area contributed by atoms with Crippen LogP contribution in [0.1, 0.15) is 5.56 Å². The van der Waals surface area contributed by atoms with Gasteiger partial charge >= 0.3 is 0 Å². The molecule has 7 heteroatoms. The van der Waals surface area contributed by atoms with Gasteiger partial charge in [-0.1, -0.05) is 54.2 Å². The molecule has 0 aliphatic rings. The number of hydrogen-bond acceptors (Lipinski definition) is 4. The number of halogens is 2. The zero-order valence-corrected chi connectivity index (χ0v) is 15.2. The van der Waals surface area contributed by atoms with Crippen LogP contribution < -0.4 is 11.1 Å². The van der Waals surface area contributed by atoms with Gasteiger partial charge in [-0.15, -0.1) is 0 Å². The van der Waals surface area contributed by atoms with Crippen LogP contribution in [0.3, 0.4) is 0 Å². The van der Waals surface area contributed by atoms with E-state index >= 15 is 0 Å². The van der Waals surface area contributed by atoms with Crippen LogP contribution >= 0.6 is 11.8 Å². The summed E-state index contributed by atoms with van der Waals surface area (Å²) in [6.45, 7) is 1.90. The number of nitrogens with zero attached hydrogens (tertiary/aromatic N) is 1. The second kappa shape index (κ2) is 10.9. The lowest BCUT2D eigenvalue weighted by atomic mass is 10.1. The highest BCUT2D eigenvalue weighted by molar-refractivity contribution is 7.99. The van der Waals surface area contributed by atoms with Crippen LogP contribution in [0.4, 0.5) is 14.5 Å². The van der Waals surface area contributed by atoms with E-state index in [1.165, 1.54) is 5.56 Å². The zero-order chi connectivity index (χ0) is 18.8. The monoisotopic (exact) mass is 379 g/mol. The van der Waals surface area contributed by atoms with Gasteiger partial charge in [-0.25, -0.2) is 0 Å². The molecule has 0 unspecified atom stereocenters. The fourth-order valence-electron chi connectivity index (χ4n) is 2.55. The Bertz CT molecular complexity index is 685. The van der Waals surface area contributed by atoms with Crippen molar-refractivity contribution in [3.05, 3.63) is 60.2 Å². The van der Waals surface area contributed by atoms with Crippen LogP contribution in [-0.2, 0) is 11.2 Å². The summed E-state index contributed by atoms with van der Waals surface area (Å²) in [5, 5.41) is 2.73. The summed E-state index contributed by atoms with van der Waals surface area (Å²) in [4.78, 5) is 14.7. The van der Waals surface area contributed by atoms with Crippen LogP contribution in [0.25, 0.3) is 0 Å². The van der Waals surface area contributed by atoms with E-state index in [9.17, 15) is 13.6 Å². The summed E-state index contributed by atoms with van der Waals surface area (Å²) in [6.07, 6.45) is 0.811. The maximum Gasteiger partial charge on any atom is 0.288 e. The summed E-state index contributed by atoms with van der Waals surface area (Å²) in [6, 6.07) is 16.6. The molecule has 3 N–H and O–H groups in total. The maximum atomic E-state index is 12.6. The predicted molar refractivity (Wildman–Crippen MR) is 103 cm³/mol. The van der Waals surface area contributed by atoms with Crippen molar-refractivity contribution in [3.8, 4) is 0 Å². The molecule has 0 fully saturated rings. The number of nitrogens with one attached hydrogen (secondary N) is 1. The van der Waals surface area contributed by atoms with Crippen molar-refractivity contribution in [1.82, 2.24) is 4.90 Å². The molecule has 0 aliphatic heterocycles. The second-order valence-corrected chi connectivity index (χ2v) is 6.76. The quantitative estimate of drug-likeness (QED) is 0.621. The van der Waals surface area contributed by atoms with Crippen LogP contribution in [0.2, 0.25) is 0 Å². The average Bonchev–Trinajstić information content (AvgIpc) is 2.62. The van der Waals surface area contributed by atoms with E-state index in [2.05, 4.69) is 5.32 Å². The van der Waals surface area contributed by atoms with Crippen molar-refractivity contribution in [2.75, 3.05) is 31.5 Å². The van der Waals surface area contributed by atoms with Crippen LogP contribution in [0.15, 0.2) is 59.5 Å². The number of hydrogen-bond donors (Lipinski definition) is 2. The van der Waals surface area contributed by atoms with Crippen molar-refractivity contribution in [1.29, 1.82) is 0 Å². The molecule has 0 aromatic heterocycles. The fourth-order valence-corrected chi connectivity index (χ4v) is 3.14. The lowest BCUT2D eigenvalue weighted by Crippen LogP contribution is -2.38. The lowest BCUT2D eigenvalue weighted by molar-refractivity contribution is -0.117. The topological polar surface area (TPSA) is 58.4 Å². The Hall–Kier alpha value is -1.96. The third-order valence-electron chi connectivity index (χ3n) is 3.75. The summed E-state index contributed by atoms with van der Waals surface area (Å²) in [5.41, 5.74) is 7.24. The van der Waals surface area contributed by atoms with Gasteiger partial charge in [0.05, 0.1) is 12.2 Å². The third-order valence-corrected chi connectivity index (χ3v) is 4.54. The molecule has 4 nitrogen and oxygen atoms in total. The van der Waals surface area contributed by atoms with Gasteiger partial charge in [-0.3, -0.25) is 9.69 Å². The van der Waals surface area contributed by atoms with E-state index in [4.69, 9.17) is 5.73 Å². The van der Waals surface area contributed by atoms with E-state index < -0.39 is 5.76 Å². The number of benzene rings is 2. The molecule has 2 aromatic rings. The Kier molecular flexibility index (Phi) is 8.53. The number of anilines is 1. The van der Waals surface area contributed by atoms with Crippen LogP contribution in [-0.4, -0.2) is 42.7 Å². The first kappa shape index (κ1) is 20.4. The van der Waals surface area contributed by atoms with Gasteiger partial charge < -0.3 is 11.1 Å². The molecular formula is C19H23F2N3OS. The molecule has 0 spiro atoms. The number of para-hydroxylation sites is 1. The summed E-state index contributed by atoms with van der Waals surface area (Å²) in [5.74, 6) is -2.78. The summed E-state index contributed by atoms with van der Waals surface area (Å²) >= 11 is 0.422. The molecule has 0 bridgehead atoms. The highest BCUT2D eigenvalue weighted by Gasteiger charge is 2.14. The molecular weight excluding hydrogens is 356 g/mol. The van der Waals surface area contributed by atoms with Crippen LogP contribution in [0, 0.1) is 0 Å². The van der Waals surface area contributed by atoms with Crippen molar-refractivity contribution in [3.63, 3.8) is 0 Å². The first-order valence-corrected chi connectivity index (χ1v) is 9.26. The normalized spacial score (nSPS) is 11.1. The maximum absolute atomic E-state index is 12.6. The first-order chi connectivity index (χ1) is 12.6. The standard InChI is InChI=1S/C19H23F2N3OS/c20-19(21)26-17-9-5-4-8-16(17)23-18(25)14-24(13-11-22)12-10-15-6-2-1-3-7-15/h1-9,19H,10-14,22H2,(H,23,25). The van der Waals surface area contributed by atoms with Gasteiger partial charge in [0.15, 0.2) is 0 Å². The van der Waals surface area contributed by atoms with Gasteiger partial charge in [0.1, 0.15) is 0 Å². The molecule has 0 aliphatic carbocycles. The highest BCUT2D eigenvalue weighted by atomic mass is 32.2.